The number of hydrogen-bond acceptors (Lipinski definition) is 5. The molecule has 0 aromatic carbocycles. The van der Waals surface area contributed by atoms with E-state index in [0.29, 0.717) is 17.3 Å². The number of hydrogen-bond donors (Lipinski definition) is 1. The number of carboxylic acids is 1. The van der Waals surface area contributed by atoms with Gasteiger partial charge in [0, 0.05) is 13.0 Å². The number of aliphatic carboxylic acids is 1. The van der Waals surface area contributed by atoms with Crippen LogP contribution in [-0.4, -0.2) is 52.4 Å². The van der Waals surface area contributed by atoms with Gasteiger partial charge in [-0.25, -0.2) is 0 Å². The number of thioether (sulfide) groups is 1. The van der Waals surface area contributed by atoms with E-state index in [1.807, 2.05) is 6.26 Å². The second kappa shape index (κ2) is 4.95. The predicted molar refractivity (Wildman–Crippen MR) is 59.7 cm³/mol. The Labute approximate surface area is 92.6 Å². The van der Waals surface area contributed by atoms with Gasteiger partial charge in [0.2, 0.25) is 4.38 Å². The third kappa shape index (κ3) is 2.83. The van der Waals surface area contributed by atoms with Gasteiger partial charge < -0.3 is 9.84 Å². The van der Waals surface area contributed by atoms with Crippen LogP contribution in [0.15, 0.2) is 0 Å². The van der Waals surface area contributed by atoms with Crippen LogP contribution >= 0.6 is 24.0 Å². The van der Waals surface area contributed by atoms with Crippen LogP contribution in [0.25, 0.3) is 0 Å². The van der Waals surface area contributed by atoms with Crippen molar-refractivity contribution in [3.63, 3.8) is 0 Å². The minimum absolute atomic E-state index is 0.0824. The smallest absolute Gasteiger partial charge is 0.321 e. The fraction of sp³-hybridized carbons (Fsp3) is 0.750. The largest absolute Gasteiger partial charge is 0.480 e. The lowest BCUT2D eigenvalue weighted by Crippen LogP contribution is -2.32. The van der Waals surface area contributed by atoms with Crippen LogP contribution in [0.5, 0.6) is 0 Å². The minimum atomic E-state index is -0.798. The van der Waals surface area contributed by atoms with Gasteiger partial charge in [0.1, 0.15) is 12.1 Å². The summed E-state index contributed by atoms with van der Waals surface area (Å²) in [6.45, 7) is 0.623. The zero-order valence-electron chi connectivity index (χ0n) is 8.10. The molecular formula is C8H13NO3S2. The summed E-state index contributed by atoms with van der Waals surface area (Å²) in [5.41, 5.74) is 0. The maximum atomic E-state index is 10.8. The standard InChI is InChI=1S/C8H13NO3S2/c1-9-4-5(12-8(13)14-2)3-6(9)7(10)11/h5-6H,3-4H2,1-2H3,(H,10,11)/t5-,6+/m1/s1. The third-order valence-electron chi connectivity index (χ3n) is 2.22. The highest BCUT2D eigenvalue weighted by Gasteiger charge is 2.35. The molecule has 1 heterocycles. The Morgan fingerprint density at radius 3 is 2.79 bits per heavy atom. The first kappa shape index (κ1) is 11.7. The number of thiocarbonyl (C=S) groups is 1. The molecule has 80 valence electrons. The average Bonchev–Trinajstić information content (AvgIpc) is 2.46. The molecule has 0 aromatic heterocycles. The lowest BCUT2D eigenvalue weighted by Gasteiger charge is -2.13. The van der Waals surface area contributed by atoms with Gasteiger partial charge in [0.05, 0.1) is 0 Å². The van der Waals surface area contributed by atoms with Crippen LogP contribution in [0.4, 0.5) is 0 Å². The maximum absolute atomic E-state index is 10.8. The molecule has 1 fully saturated rings. The molecule has 2 atom stereocenters. The highest BCUT2D eigenvalue weighted by atomic mass is 32.2. The van der Waals surface area contributed by atoms with Crippen molar-refractivity contribution in [1.29, 1.82) is 0 Å². The molecule has 1 saturated heterocycles. The van der Waals surface area contributed by atoms with Gasteiger partial charge in [-0.3, -0.25) is 9.69 Å². The Morgan fingerprint density at radius 1 is 1.71 bits per heavy atom. The first-order chi connectivity index (χ1) is 6.54. The van der Waals surface area contributed by atoms with E-state index in [9.17, 15) is 4.79 Å². The monoisotopic (exact) mass is 235 g/mol. The summed E-state index contributed by atoms with van der Waals surface area (Å²) in [6, 6.07) is -0.440. The number of carbonyl (C=O) groups is 1. The molecule has 0 unspecified atom stereocenters. The highest BCUT2D eigenvalue weighted by molar-refractivity contribution is 8.22. The Bertz CT molecular complexity index is 247. The summed E-state index contributed by atoms with van der Waals surface area (Å²) >= 11 is 6.28. The summed E-state index contributed by atoms with van der Waals surface area (Å²) in [5, 5.41) is 8.86. The molecule has 0 saturated carbocycles. The molecule has 0 spiro atoms. The molecule has 0 aromatic rings. The molecule has 1 rings (SSSR count). The van der Waals surface area contributed by atoms with Gasteiger partial charge in [-0.15, -0.1) is 0 Å². The van der Waals surface area contributed by atoms with E-state index >= 15 is 0 Å². The predicted octanol–water partition coefficient (Wildman–Crippen LogP) is 0.808. The molecule has 1 N–H and O–H groups in total. The van der Waals surface area contributed by atoms with Gasteiger partial charge in [-0.05, 0) is 25.5 Å². The number of carboxylic acid groups (broad SMARTS) is 1. The van der Waals surface area contributed by atoms with Crippen LogP contribution in [0.3, 0.4) is 0 Å². The second-order valence-corrected chi connectivity index (χ2v) is 4.63. The molecule has 14 heavy (non-hydrogen) atoms. The van der Waals surface area contributed by atoms with Crippen molar-refractivity contribution in [3.8, 4) is 0 Å². The lowest BCUT2D eigenvalue weighted by atomic mass is 10.2. The van der Waals surface area contributed by atoms with E-state index in [1.54, 1.807) is 11.9 Å². The van der Waals surface area contributed by atoms with Crippen LogP contribution in [0.2, 0.25) is 0 Å². The minimum Gasteiger partial charge on any atom is -0.480 e. The van der Waals surface area contributed by atoms with Gasteiger partial charge in [-0.1, -0.05) is 11.8 Å². The normalized spacial score (nSPS) is 27.6. The van der Waals surface area contributed by atoms with E-state index < -0.39 is 12.0 Å². The molecule has 0 radical (unpaired) electrons. The molecule has 0 bridgehead atoms. The molecule has 4 nitrogen and oxygen atoms in total. The van der Waals surface area contributed by atoms with Crippen LogP contribution in [-0.2, 0) is 9.53 Å². The zero-order chi connectivity index (χ0) is 10.7. The van der Waals surface area contributed by atoms with Crippen LogP contribution in [0, 0.1) is 0 Å². The van der Waals surface area contributed by atoms with E-state index in [1.165, 1.54) is 11.8 Å². The summed E-state index contributed by atoms with van der Waals surface area (Å²) in [7, 11) is 1.78. The number of rotatable bonds is 2. The number of nitrogens with zero attached hydrogens (tertiary/aromatic N) is 1. The molecule has 1 aliphatic rings. The quantitative estimate of drug-likeness (QED) is 0.715. The SMILES string of the molecule is CSC(=S)O[C@@H]1C[C@@H](C(=O)O)N(C)C1. The third-order valence-corrected chi connectivity index (χ3v) is 3.25. The average molecular weight is 235 g/mol. The topological polar surface area (TPSA) is 49.8 Å². The Morgan fingerprint density at radius 2 is 2.36 bits per heavy atom. The first-order valence-electron chi connectivity index (χ1n) is 4.22. The fourth-order valence-corrected chi connectivity index (χ4v) is 1.88. The van der Waals surface area contributed by atoms with Gasteiger partial charge in [0.15, 0.2) is 0 Å². The van der Waals surface area contributed by atoms with Crippen molar-refractivity contribution >= 4 is 34.3 Å². The fourth-order valence-electron chi connectivity index (χ4n) is 1.51. The number of ether oxygens (including phenoxy) is 1. The zero-order valence-corrected chi connectivity index (χ0v) is 9.73. The lowest BCUT2D eigenvalue weighted by molar-refractivity contribution is -0.141. The number of likely N-dealkylation sites (N-methyl/N-ethyl adjacent to an activating group) is 1. The van der Waals surface area contributed by atoms with E-state index in [0.717, 1.165) is 0 Å². The van der Waals surface area contributed by atoms with Gasteiger partial charge in [-0.2, -0.15) is 0 Å². The Kier molecular flexibility index (Phi) is 4.15. The van der Waals surface area contributed by atoms with E-state index in [4.69, 9.17) is 22.1 Å². The van der Waals surface area contributed by atoms with Gasteiger partial charge in [0.25, 0.3) is 0 Å². The maximum Gasteiger partial charge on any atom is 0.321 e. The molecular weight excluding hydrogens is 222 g/mol. The summed E-state index contributed by atoms with van der Waals surface area (Å²) < 4.78 is 5.88. The van der Waals surface area contributed by atoms with E-state index in [-0.39, 0.29) is 6.10 Å². The second-order valence-electron chi connectivity index (χ2n) is 3.22. The summed E-state index contributed by atoms with van der Waals surface area (Å²) in [5.74, 6) is -0.798. The number of likely N-dealkylation sites (tertiary alicyclic amines) is 1. The molecule has 0 aliphatic carbocycles. The highest BCUT2D eigenvalue weighted by Crippen LogP contribution is 2.20. The van der Waals surface area contributed by atoms with Gasteiger partial charge >= 0.3 is 5.97 Å². The van der Waals surface area contributed by atoms with Crippen molar-refractivity contribution in [2.75, 3.05) is 19.8 Å². The first-order valence-corrected chi connectivity index (χ1v) is 5.85. The van der Waals surface area contributed by atoms with Crippen molar-refractivity contribution in [1.82, 2.24) is 4.90 Å². The molecule has 1 aliphatic heterocycles. The van der Waals surface area contributed by atoms with Crippen LogP contribution in [0.1, 0.15) is 6.42 Å². The van der Waals surface area contributed by atoms with Crippen LogP contribution < -0.4 is 0 Å². The van der Waals surface area contributed by atoms with Crippen molar-refractivity contribution in [2.24, 2.45) is 0 Å². The van der Waals surface area contributed by atoms with Crippen molar-refractivity contribution < 1.29 is 14.6 Å². The summed E-state index contributed by atoms with van der Waals surface area (Å²) in [4.78, 5) is 12.6. The molecule has 0 amide bonds. The van der Waals surface area contributed by atoms with E-state index in [2.05, 4.69) is 0 Å². The van der Waals surface area contributed by atoms with Crippen molar-refractivity contribution in [3.05, 3.63) is 0 Å². The Balaban J connectivity index is 2.46. The molecule has 6 heteroatoms. The Hall–Kier alpha value is -0.330. The summed E-state index contributed by atoms with van der Waals surface area (Å²) in [6.07, 6.45) is 2.27. The van der Waals surface area contributed by atoms with Crippen molar-refractivity contribution in [2.45, 2.75) is 18.6 Å².